The number of rotatable bonds is 7. The zero-order valence-corrected chi connectivity index (χ0v) is 13.2. The Kier molecular flexibility index (Phi) is 5.82. The molecule has 2 rings (SSSR count). The zero-order chi connectivity index (χ0) is 15.1. The van der Waals surface area contributed by atoms with Crippen LogP contribution < -0.4 is 10.1 Å². The van der Waals surface area contributed by atoms with Crippen LogP contribution in [0.15, 0.2) is 54.6 Å². The summed E-state index contributed by atoms with van der Waals surface area (Å²) in [5.74, 6) is 0.915. The number of nitrogens with one attached hydrogen (secondary N) is 1. The molecule has 1 N–H and O–H groups in total. The molecule has 112 valence electrons. The summed E-state index contributed by atoms with van der Waals surface area (Å²) in [7, 11) is 0. The molecular formula is C19H25NO. The molecule has 2 aromatic rings. The first-order valence-electron chi connectivity index (χ1n) is 7.71. The number of hydrogen-bond donors (Lipinski definition) is 1. The van der Waals surface area contributed by atoms with Crippen LogP contribution in [0.5, 0.6) is 5.75 Å². The predicted molar refractivity (Wildman–Crippen MR) is 88.5 cm³/mol. The van der Waals surface area contributed by atoms with Crippen molar-refractivity contribution < 1.29 is 4.74 Å². The molecule has 0 saturated carbocycles. The van der Waals surface area contributed by atoms with E-state index in [2.05, 4.69) is 50.4 Å². The van der Waals surface area contributed by atoms with Crippen LogP contribution in [0.3, 0.4) is 0 Å². The van der Waals surface area contributed by atoms with Crippen molar-refractivity contribution in [2.24, 2.45) is 0 Å². The van der Waals surface area contributed by atoms with E-state index in [1.54, 1.807) is 0 Å². The molecule has 0 spiro atoms. The van der Waals surface area contributed by atoms with E-state index in [0.29, 0.717) is 18.7 Å². The van der Waals surface area contributed by atoms with E-state index in [9.17, 15) is 0 Å². The third-order valence-electron chi connectivity index (χ3n) is 3.78. The molecular weight excluding hydrogens is 258 g/mol. The standard InChI is InChI=1S/C19H25NO/c1-4-15(2)20-16(3)18-10-12-19(13-11-18)21-14-17-8-6-5-7-9-17/h5-13,15-16,20H,4,14H2,1-3H3. The van der Waals surface area contributed by atoms with E-state index in [0.717, 1.165) is 12.2 Å². The molecule has 0 fully saturated rings. The van der Waals surface area contributed by atoms with E-state index >= 15 is 0 Å². The van der Waals surface area contributed by atoms with E-state index in [4.69, 9.17) is 4.74 Å². The van der Waals surface area contributed by atoms with E-state index in [-0.39, 0.29) is 0 Å². The van der Waals surface area contributed by atoms with Gasteiger partial charge in [-0.25, -0.2) is 0 Å². The Balaban J connectivity index is 1.89. The van der Waals surface area contributed by atoms with E-state index < -0.39 is 0 Å². The molecule has 0 radical (unpaired) electrons. The fourth-order valence-electron chi connectivity index (χ4n) is 2.23. The summed E-state index contributed by atoms with van der Waals surface area (Å²) >= 11 is 0. The molecule has 2 unspecified atom stereocenters. The van der Waals surface area contributed by atoms with Crippen molar-refractivity contribution in [2.75, 3.05) is 0 Å². The highest BCUT2D eigenvalue weighted by atomic mass is 16.5. The van der Waals surface area contributed by atoms with Crippen molar-refractivity contribution in [2.45, 2.75) is 45.9 Å². The van der Waals surface area contributed by atoms with Gasteiger partial charge < -0.3 is 10.1 Å². The largest absolute Gasteiger partial charge is 0.489 e. The monoisotopic (exact) mass is 283 g/mol. The first-order valence-corrected chi connectivity index (χ1v) is 7.71. The second-order valence-electron chi connectivity index (χ2n) is 5.54. The fraction of sp³-hybridized carbons (Fsp3) is 0.368. The van der Waals surface area contributed by atoms with Gasteiger partial charge in [0.25, 0.3) is 0 Å². The maximum Gasteiger partial charge on any atom is 0.119 e. The Hall–Kier alpha value is -1.80. The molecule has 2 aromatic carbocycles. The molecule has 0 aliphatic heterocycles. The first kappa shape index (κ1) is 15.6. The molecule has 2 nitrogen and oxygen atoms in total. The lowest BCUT2D eigenvalue weighted by Gasteiger charge is -2.19. The van der Waals surface area contributed by atoms with Crippen LogP contribution in [0.4, 0.5) is 0 Å². The number of hydrogen-bond acceptors (Lipinski definition) is 2. The van der Waals surface area contributed by atoms with E-state index in [1.807, 2.05) is 30.3 Å². The van der Waals surface area contributed by atoms with Crippen LogP contribution in [-0.2, 0) is 6.61 Å². The van der Waals surface area contributed by atoms with Gasteiger partial charge in [-0.1, -0.05) is 49.4 Å². The topological polar surface area (TPSA) is 21.3 Å². The van der Waals surface area contributed by atoms with Gasteiger partial charge in [0.15, 0.2) is 0 Å². The highest BCUT2D eigenvalue weighted by Crippen LogP contribution is 2.19. The molecule has 0 saturated heterocycles. The smallest absolute Gasteiger partial charge is 0.119 e. The predicted octanol–water partition coefficient (Wildman–Crippen LogP) is 4.71. The molecule has 0 bridgehead atoms. The van der Waals surface area contributed by atoms with Gasteiger partial charge in [-0.05, 0) is 43.5 Å². The number of benzene rings is 2. The van der Waals surface area contributed by atoms with Gasteiger partial charge in [0, 0.05) is 12.1 Å². The van der Waals surface area contributed by atoms with Gasteiger partial charge in [-0.2, -0.15) is 0 Å². The lowest BCUT2D eigenvalue weighted by Crippen LogP contribution is -2.28. The molecule has 0 amide bonds. The van der Waals surface area contributed by atoms with Gasteiger partial charge in [-0.3, -0.25) is 0 Å². The minimum Gasteiger partial charge on any atom is -0.489 e. The van der Waals surface area contributed by atoms with Gasteiger partial charge >= 0.3 is 0 Å². The SMILES string of the molecule is CCC(C)NC(C)c1ccc(OCc2ccccc2)cc1. The van der Waals surface area contributed by atoms with Gasteiger partial charge in [0.05, 0.1) is 0 Å². The van der Waals surface area contributed by atoms with Crippen molar-refractivity contribution in [3.8, 4) is 5.75 Å². The van der Waals surface area contributed by atoms with Gasteiger partial charge in [0.1, 0.15) is 12.4 Å². The Morgan fingerprint density at radius 2 is 1.62 bits per heavy atom. The summed E-state index contributed by atoms with van der Waals surface area (Å²) in [6.45, 7) is 7.23. The quantitative estimate of drug-likeness (QED) is 0.794. The van der Waals surface area contributed by atoms with Crippen LogP contribution in [0.1, 0.15) is 44.4 Å². The van der Waals surface area contributed by atoms with Crippen LogP contribution in [0.25, 0.3) is 0 Å². The molecule has 2 atom stereocenters. The fourth-order valence-corrected chi connectivity index (χ4v) is 2.23. The Labute approximate surface area is 128 Å². The molecule has 0 aliphatic carbocycles. The third kappa shape index (κ3) is 4.91. The molecule has 2 heteroatoms. The summed E-state index contributed by atoms with van der Waals surface area (Å²) in [6.07, 6.45) is 1.14. The Bertz CT molecular complexity index is 521. The molecule has 0 aliphatic rings. The van der Waals surface area contributed by atoms with Gasteiger partial charge in [0.2, 0.25) is 0 Å². The van der Waals surface area contributed by atoms with Crippen molar-refractivity contribution in [1.82, 2.24) is 5.32 Å². The van der Waals surface area contributed by atoms with Crippen molar-refractivity contribution in [3.05, 3.63) is 65.7 Å². The summed E-state index contributed by atoms with van der Waals surface area (Å²) in [5, 5.41) is 3.58. The third-order valence-corrected chi connectivity index (χ3v) is 3.78. The second kappa shape index (κ2) is 7.84. The minimum absolute atomic E-state index is 0.364. The molecule has 0 aromatic heterocycles. The molecule has 21 heavy (non-hydrogen) atoms. The summed E-state index contributed by atoms with van der Waals surface area (Å²) in [5.41, 5.74) is 2.48. The second-order valence-corrected chi connectivity index (χ2v) is 5.54. The highest BCUT2D eigenvalue weighted by molar-refractivity contribution is 5.29. The van der Waals surface area contributed by atoms with E-state index in [1.165, 1.54) is 11.1 Å². The average Bonchev–Trinajstić information content (AvgIpc) is 2.54. The van der Waals surface area contributed by atoms with Crippen LogP contribution in [0, 0.1) is 0 Å². The van der Waals surface area contributed by atoms with Gasteiger partial charge in [-0.15, -0.1) is 0 Å². The minimum atomic E-state index is 0.364. The van der Waals surface area contributed by atoms with Crippen molar-refractivity contribution >= 4 is 0 Å². The summed E-state index contributed by atoms with van der Waals surface area (Å²) in [6, 6.07) is 19.5. The normalized spacial score (nSPS) is 13.7. The zero-order valence-electron chi connectivity index (χ0n) is 13.2. The summed E-state index contributed by atoms with van der Waals surface area (Å²) < 4.78 is 5.81. The highest BCUT2D eigenvalue weighted by Gasteiger charge is 2.08. The van der Waals surface area contributed by atoms with Crippen molar-refractivity contribution in [1.29, 1.82) is 0 Å². The lowest BCUT2D eigenvalue weighted by atomic mass is 10.1. The number of ether oxygens (including phenoxy) is 1. The first-order chi connectivity index (χ1) is 10.2. The maximum absolute atomic E-state index is 5.81. The van der Waals surface area contributed by atoms with Crippen molar-refractivity contribution in [3.63, 3.8) is 0 Å². The Morgan fingerprint density at radius 3 is 2.24 bits per heavy atom. The average molecular weight is 283 g/mol. The van der Waals surface area contributed by atoms with Crippen LogP contribution in [0.2, 0.25) is 0 Å². The molecule has 0 heterocycles. The Morgan fingerprint density at radius 1 is 0.952 bits per heavy atom. The summed E-state index contributed by atoms with van der Waals surface area (Å²) in [4.78, 5) is 0. The van der Waals surface area contributed by atoms with Crippen LogP contribution in [-0.4, -0.2) is 6.04 Å². The maximum atomic E-state index is 5.81. The lowest BCUT2D eigenvalue weighted by molar-refractivity contribution is 0.306. The van der Waals surface area contributed by atoms with Crippen LogP contribution >= 0.6 is 0 Å².